The zero-order valence-electron chi connectivity index (χ0n) is 16.1. The van der Waals surface area contributed by atoms with Crippen LogP contribution in [0.3, 0.4) is 0 Å². The lowest BCUT2D eigenvalue weighted by atomic mass is 10.2. The highest BCUT2D eigenvalue weighted by atomic mass is 32.2. The molecule has 0 atom stereocenters. The van der Waals surface area contributed by atoms with Gasteiger partial charge in [0.05, 0.1) is 19.1 Å². The molecular formula is C19H30N2O4S2. The summed E-state index contributed by atoms with van der Waals surface area (Å²) in [5, 5.41) is 3.68. The number of methoxy groups -OCH3 is 1. The topological polar surface area (TPSA) is 75.7 Å². The van der Waals surface area contributed by atoms with Crippen LogP contribution in [0, 0.1) is 0 Å². The van der Waals surface area contributed by atoms with Crippen LogP contribution in [-0.4, -0.2) is 51.8 Å². The van der Waals surface area contributed by atoms with Gasteiger partial charge in [-0.25, -0.2) is 8.42 Å². The van der Waals surface area contributed by atoms with Gasteiger partial charge in [-0.1, -0.05) is 25.0 Å². The Labute approximate surface area is 167 Å². The number of nitrogens with zero attached hydrogens (tertiary/aromatic N) is 1. The molecule has 0 bridgehead atoms. The number of para-hydroxylation sites is 2. The van der Waals surface area contributed by atoms with Crippen LogP contribution < -0.4 is 14.4 Å². The number of rotatable bonds is 11. The van der Waals surface area contributed by atoms with Gasteiger partial charge >= 0.3 is 0 Å². The molecule has 8 heteroatoms. The minimum Gasteiger partial charge on any atom is -0.495 e. The summed E-state index contributed by atoms with van der Waals surface area (Å²) < 4.78 is 30.9. The second-order valence-corrected chi connectivity index (χ2v) is 10.1. The van der Waals surface area contributed by atoms with Gasteiger partial charge in [0.1, 0.15) is 5.75 Å². The minimum atomic E-state index is -3.46. The Morgan fingerprint density at radius 3 is 2.67 bits per heavy atom. The van der Waals surface area contributed by atoms with Crippen LogP contribution >= 0.6 is 11.8 Å². The monoisotopic (exact) mass is 414 g/mol. The molecule has 1 saturated carbocycles. The number of amides is 1. The Bertz CT molecular complexity index is 703. The standard InChI is InChI=1S/C19H30N2O4S2/c1-25-18-11-6-5-10-17(18)21(27(2,23)24)14-7-12-19(22)20-13-15-26-16-8-3-4-9-16/h5-6,10-11,16H,3-4,7-9,12-15H2,1-2H3,(H,20,22). The summed E-state index contributed by atoms with van der Waals surface area (Å²) in [7, 11) is -1.95. The van der Waals surface area contributed by atoms with Gasteiger partial charge < -0.3 is 10.1 Å². The number of sulfonamides is 1. The first-order valence-electron chi connectivity index (χ1n) is 9.41. The van der Waals surface area contributed by atoms with E-state index in [2.05, 4.69) is 5.32 Å². The molecule has 1 aromatic rings. The minimum absolute atomic E-state index is 0.0319. The molecule has 0 aromatic heterocycles. The molecule has 1 aliphatic rings. The van der Waals surface area contributed by atoms with Crippen molar-refractivity contribution in [2.24, 2.45) is 0 Å². The molecule has 0 aliphatic heterocycles. The van der Waals surface area contributed by atoms with Crippen molar-refractivity contribution < 1.29 is 17.9 Å². The maximum Gasteiger partial charge on any atom is 0.232 e. The molecule has 1 N–H and O–H groups in total. The van der Waals surface area contributed by atoms with Gasteiger partial charge in [0.25, 0.3) is 0 Å². The van der Waals surface area contributed by atoms with Crippen LogP contribution in [0.15, 0.2) is 24.3 Å². The normalized spacial score (nSPS) is 14.9. The summed E-state index contributed by atoms with van der Waals surface area (Å²) in [5.74, 6) is 1.40. The molecule has 1 amide bonds. The first-order chi connectivity index (χ1) is 12.9. The number of benzene rings is 1. The lowest BCUT2D eigenvalue weighted by molar-refractivity contribution is -0.121. The molecule has 152 valence electrons. The Balaban J connectivity index is 1.77. The van der Waals surface area contributed by atoms with E-state index < -0.39 is 10.0 Å². The van der Waals surface area contributed by atoms with E-state index in [0.717, 1.165) is 11.0 Å². The van der Waals surface area contributed by atoms with Gasteiger partial charge in [0.2, 0.25) is 15.9 Å². The third kappa shape index (κ3) is 7.25. The predicted octanol–water partition coefficient (Wildman–Crippen LogP) is 3.03. The van der Waals surface area contributed by atoms with Crippen LogP contribution in [-0.2, 0) is 14.8 Å². The summed E-state index contributed by atoms with van der Waals surface area (Å²) in [6.45, 7) is 0.908. The fourth-order valence-electron chi connectivity index (χ4n) is 3.24. The largest absolute Gasteiger partial charge is 0.495 e. The average Bonchev–Trinajstić information content (AvgIpc) is 3.15. The van der Waals surface area contributed by atoms with Crippen molar-refractivity contribution in [2.45, 2.75) is 43.8 Å². The maximum absolute atomic E-state index is 12.2. The first kappa shape index (κ1) is 21.9. The molecule has 0 saturated heterocycles. The number of anilines is 1. The number of carbonyl (C=O) groups excluding carboxylic acids is 1. The third-order valence-corrected chi connectivity index (χ3v) is 7.16. The summed E-state index contributed by atoms with van der Waals surface area (Å²) in [5.41, 5.74) is 0.496. The van der Waals surface area contributed by atoms with Crippen molar-refractivity contribution >= 4 is 33.4 Å². The zero-order valence-corrected chi connectivity index (χ0v) is 17.8. The van der Waals surface area contributed by atoms with Crippen molar-refractivity contribution in [3.05, 3.63) is 24.3 Å². The molecule has 6 nitrogen and oxygen atoms in total. The average molecular weight is 415 g/mol. The molecule has 1 aromatic carbocycles. The second-order valence-electron chi connectivity index (χ2n) is 6.74. The van der Waals surface area contributed by atoms with Gasteiger partial charge in [-0.15, -0.1) is 0 Å². The van der Waals surface area contributed by atoms with Crippen LogP contribution in [0.1, 0.15) is 38.5 Å². The molecule has 2 rings (SSSR count). The van der Waals surface area contributed by atoms with Crippen molar-refractivity contribution in [3.63, 3.8) is 0 Å². The zero-order chi connectivity index (χ0) is 19.7. The van der Waals surface area contributed by atoms with Gasteiger partial charge in [0, 0.05) is 30.5 Å². The fourth-order valence-corrected chi connectivity index (χ4v) is 5.43. The first-order valence-corrected chi connectivity index (χ1v) is 12.3. The molecule has 0 unspecified atom stereocenters. The Morgan fingerprint density at radius 2 is 2.00 bits per heavy atom. The quantitative estimate of drug-likeness (QED) is 0.563. The van der Waals surface area contributed by atoms with Crippen LogP contribution in [0.2, 0.25) is 0 Å². The van der Waals surface area contributed by atoms with Gasteiger partial charge in [-0.2, -0.15) is 11.8 Å². The lowest BCUT2D eigenvalue weighted by Crippen LogP contribution is -2.32. The number of ether oxygens (including phenoxy) is 1. The van der Waals surface area contributed by atoms with E-state index in [1.165, 1.54) is 43.4 Å². The smallest absolute Gasteiger partial charge is 0.232 e. The van der Waals surface area contributed by atoms with Crippen LogP contribution in [0.25, 0.3) is 0 Å². The van der Waals surface area contributed by atoms with Gasteiger partial charge in [0.15, 0.2) is 0 Å². The predicted molar refractivity (Wildman–Crippen MR) is 112 cm³/mol. The third-order valence-electron chi connectivity index (χ3n) is 4.60. The maximum atomic E-state index is 12.2. The van der Waals surface area contributed by atoms with Gasteiger partial charge in [-0.05, 0) is 31.4 Å². The molecule has 0 spiro atoms. The van der Waals surface area contributed by atoms with Crippen LogP contribution in [0.5, 0.6) is 5.75 Å². The van der Waals surface area contributed by atoms with Crippen molar-refractivity contribution in [1.29, 1.82) is 0 Å². The Hall–Kier alpha value is -1.41. The van der Waals surface area contributed by atoms with E-state index in [4.69, 9.17) is 4.74 Å². The van der Waals surface area contributed by atoms with E-state index >= 15 is 0 Å². The second kappa shape index (κ2) is 10.8. The number of hydrogen-bond donors (Lipinski definition) is 1. The summed E-state index contributed by atoms with van der Waals surface area (Å²) in [6.07, 6.45) is 7.16. The lowest BCUT2D eigenvalue weighted by Gasteiger charge is -2.24. The molecule has 0 radical (unpaired) electrons. The van der Waals surface area contributed by atoms with Crippen LogP contribution in [0.4, 0.5) is 5.69 Å². The number of hydrogen-bond acceptors (Lipinski definition) is 5. The van der Waals surface area contributed by atoms with E-state index in [0.29, 0.717) is 30.8 Å². The Kier molecular flexibility index (Phi) is 8.76. The van der Waals surface area contributed by atoms with Crippen molar-refractivity contribution in [1.82, 2.24) is 5.32 Å². The molecular weight excluding hydrogens is 384 g/mol. The van der Waals surface area contributed by atoms with E-state index in [1.54, 1.807) is 24.3 Å². The Morgan fingerprint density at radius 1 is 1.30 bits per heavy atom. The van der Waals surface area contributed by atoms with Crippen molar-refractivity contribution in [2.75, 3.05) is 36.5 Å². The SMILES string of the molecule is COc1ccccc1N(CCCC(=O)NCCSC1CCCC1)S(C)(=O)=O. The van der Waals surface area contributed by atoms with Gasteiger partial charge in [-0.3, -0.25) is 9.10 Å². The van der Waals surface area contributed by atoms with E-state index in [1.807, 2.05) is 11.8 Å². The molecule has 0 heterocycles. The summed E-state index contributed by atoms with van der Waals surface area (Å²) in [6, 6.07) is 6.99. The number of carbonyl (C=O) groups is 1. The summed E-state index contributed by atoms with van der Waals surface area (Å²) in [4.78, 5) is 12.0. The number of nitrogens with one attached hydrogen (secondary N) is 1. The molecule has 1 fully saturated rings. The fraction of sp³-hybridized carbons (Fsp3) is 0.632. The van der Waals surface area contributed by atoms with Crippen molar-refractivity contribution in [3.8, 4) is 5.75 Å². The van der Waals surface area contributed by atoms with E-state index in [-0.39, 0.29) is 12.5 Å². The van der Waals surface area contributed by atoms with E-state index in [9.17, 15) is 13.2 Å². The summed E-state index contributed by atoms with van der Waals surface area (Å²) >= 11 is 1.94. The highest BCUT2D eigenvalue weighted by molar-refractivity contribution is 7.99. The molecule has 27 heavy (non-hydrogen) atoms. The highest BCUT2D eigenvalue weighted by Crippen LogP contribution is 2.30. The highest BCUT2D eigenvalue weighted by Gasteiger charge is 2.21. The number of thioether (sulfide) groups is 1. The molecule has 1 aliphatic carbocycles.